The number of rotatable bonds is 3. The molecule has 2 rings (SSSR count). The molecular weight excluding hydrogens is 276 g/mol. The summed E-state index contributed by atoms with van der Waals surface area (Å²) in [7, 11) is -3.84. The van der Waals surface area contributed by atoms with E-state index in [1.54, 1.807) is 19.1 Å². The Balaban J connectivity index is 2.50. The van der Waals surface area contributed by atoms with E-state index in [1.165, 1.54) is 6.07 Å². The standard InChI is InChI=1S/C14H16N2O3S/c1-9-4-3-5-12(6-9)19-13-7-11(15)8-14(10(13)2)20(16,17)18/h3-8H,15H2,1-2H3,(H2,16,17,18). The van der Waals surface area contributed by atoms with Crippen LogP contribution in [-0.2, 0) is 10.0 Å². The molecule has 5 nitrogen and oxygen atoms in total. The van der Waals surface area contributed by atoms with Gasteiger partial charge in [-0.15, -0.1) is 0 Å². The van der Waals surface area contributed by atoms with E-state index >= 15 is 0 Å². The predicted molar refractivity (Wildman–Crippen MR) is 78.2 cm³/mol. The average Bonchev–Trinajstić information content (AvgIpc) is 2.32. The molecule has 106 valence electrons. The Hall–Kier alpha value is -2.05. The van der Waals surface area contributed by atoms with Gasteiger partial charge in [0, 0.05) is 17.3 Å². The van der Waals surface area contributed by atoms with Gasteiger partial charge < -0.3 is 10.5 Å². The molecule has 0 unspecified atom stereocenters. The smallest absolute Gasteiger partial charge is 0.238 e. The van der Waals surface area contributed by atoms with Gasteiger partial charge in [-0.2, -0.15) is 0 Å². The van der Waals surface area contributed by atoms with Gasteiger partial charge in [-0.05, 0) is 37.6 Å². The van der Waals surface area contributed by atoms with Gasteiger partial charge in [0.05, 0.1) is 4.90 Å². The number of hydrogen-bond donors (Lipinski definition) is 2. The fourth-order valence-electron chi connectivity index (χ4n) is 1.89. The fraction of sp³-hybridized carbons (Fsp3) is 0.143. The van der Waals surface area contributed by atoms with Gasteiger partial charge in [0.1, 0.15) is 11.5 Å². The van der Waals surface area contributed by atoms with Crippen LogP contribution in [0, 0.1) is 13.8 Å². The molecule has 20 heavy (non-hydrogen) atoms. The highest BCUT2D eigenvalue weighted by Gasteiger charge is 2.16. The number of aryl methyl sites for hydroxylation is 1. The first-order valence-electron chi connectivity index (χ1n) is 5.95. The van der Waals surface area contributed by atoms with Gasteiger partial charge in [0.25, 0.3) is 0 Å². The number of nitrogen functional groups attached to an aromatic ring is 1. The Kier molecular flexibility index (Phi) is 3.69. The van der Waals surface area contributed by atoms with E-state index in [4.69, 9.17) is 15.6 Å². The maximum Gasteiger partial charge on any atom is 0.238 e. The first-order valence-corrected chi connectivity index (χ1v) is 7.49. The topological polar surface area (TPSA) is 95.4 Å². The average molecular weight is 292 g/mol. The molecule has 0 spiro atoms. The molecule has 0 bridgehead atoms. The normalized spacial score (nSPS) is 11.3. The van der Waals surface area contributed by atoms with Crippen LogP contribution in [0.25, 0.3) is 0 Å². The van der Waals surface area contributed by atoms with Crippen LogP contribution in [0.15, 0.2) is 41.3 Å². The van der Waals surface area contributed by atoms with Crippen molar-refractivity contribution in [3.8, 4) is 11.5 Å². The van der Waals surface area contributed by atoms with E-state index < -0.39 is 10.0 Å². The number of primary sulfonamides is 1. The number of anilines is 1. The summed E-state index contributed by atoms with van der Waals surface area (Å²) in [6.07, 6.45) is 0. The highest BCUT2D eigenvalue weighted by Crippen LogP contribution is 2.31. The van der Waals surface area contributed by atoms with Crippen molar-refractivity contribution >= 4 is 15.7 Å². The van der Waals surface area contributed by atoms with Crippen LogP contribution in [-0.4, -0.2) is 8.42 Å². The molecule has 4 N–H and O–H groups in total. The Morgan fingerprint density at radius 3 is 2.40 bits per heavy atom. The highest BCUT2D eigenvalue weighted by molar-refractivity contribution is 7.89. The zero-order valence-corrected chi connectivity index (χ0v) is 12.1. The number of hydrogen-bond acceptors (Lipinski definition) is 4. The number of benzene rings is 2. The second-order valence-corrected chi connectivity index (χ2v) is 6.14. The van der Waals surface area contributed by atoms with Crippen LogP contribution in [0.1, 0.15) is 11.1 Å². The molecule has 2 aromatic carbocycles. The van der Waals surface area contributed by atoms with E-state index in [0.717, 1.165) is 5.56 Å². The SMILES string of the molecule is Cc1cccc(Oc2cc(N)cc(S(N)(=O)=O)c2C)c1. The van der Waals surface area contributed by atoms with Crippen molar-refractivity contribution in [2.24, 2.45) is 5.14 Å². The lowest BCUT2D eigenvalue weighted by molar-refractivity contribution is 0.476. The third-order valence-corrected chi connectivity index (χ3v) is 3.90. The van der Waals surface area contributed by atoms with Gasteiger partial charge in [-0.3, -0.25) is 0 Å². The van der Waals surface area contributed by atoms with Gasteiger partial charge >= 0.3 is 0 Å². The Morgan fingerprint density at radius 2 is 1.80 bits per heavy atom. The lowest BCUT2D eigenvalue weighted by atomic mass is 10.2. The third kappa shape index (κ3) is 3.09. The summed E-state index contributed by atoms with van der Waals surface area (Å²) in [5.74, 6) is 0.985. The van der Waals surface area contributed by atoms with Gasteiger partial charge in [-0.25, -0.2) is 13.6 Å². The molecule has 0 amide bonds. The molecule has 0 aliphatic heterocycles. The maximum atomic E-state index is 11.5. The molecule has 0 atom stereocenters. The Bertz CT molecular complexity index is 755. The minimum absolute atomic E-state index is 0.0276. The number of ether oxygens (including phenoxy) is 1. The molecule has 0 radical (unpaired) electrons. The fourth-order valence-corrected chi connectivity index (χ4v) is 2.72. The molecule has 0 heterocycles. The summed E-state index contributed by atoms with van der Waals surface area (Å²) in [6.45, 7) is 3.57. The largest absolute Gasteiger partial charge is 0.457 e. The summed E-state index contributed by atoms with van der Waals surface area (Å²) in [5.41, 5.74) is 7.46. The van der Waals surface area contributed by atoms with E-state index in [2.05, 4.69) is 0 Å². The summed E-state index contributed by atoms with van der Waals surface area (Å²) >= 11 is 0. The van der Waals surface area contributed by atoms with Crippen LogP contribution >= 0.6 is 0 Å². The second-order valence-electron chi connectivity index (χ2n) is 4.61. The van der Waals surface area contributed by atoms with Crippen LogP contribution in [0.5, 0.6) is 11.5 Å². The lowest BCUT2D eigenvalue weighted by Gasteiger charge is -2.13. The summed E-state index contributed by atoms with van der Waals surface area (Å²) in [4.78, 5) is -0.0276. The summed E-state index contributed by atoms with van der Waals surface area (Å²) in [6, 6.07) is 10.3. The Morgan fingerprint density at radius 1 is 1.10 bits per heavy atom. The van der Waals surface area contributed by atoms with Crippen molar-refractivity contribution in [3.63, 3.8) is 0 Å². The van der Waals surface area contributed by atoms with E-state index in [1.807, 2.05) is 25.1 Å². The lowest BCUT2D eigenvalue weighted by Crippen LogP contribution is -2.14. The minimum Gasteiger partial charge on any atom is -0.457 e. The monoisotopic (exact) mass is 292 g/mol. The summed E-state index contributed by atoms with van der Waals surface area (Å²) < 4.78 is 28.8. The van der Waals surface area contributed by atoms with Crippen LogP contribution in [0.4, 0.5) is 5.69 Å². The molecule has 6 heteroatoms. The molecular formula is C14H16N2O3S. The first-order chi connectivity index (χ1) is 9.27. The second kappa shape index (κ2) is 5.15. The maximum absolute atomic E-state index is 11.5. The zero-order valence-electron chi connectivity index (χ0n) is 11.3. The first kappa shape index (κ1) is 14.4. The van der Waals surface area contributed by atoms with Gasteiger partial charge in [-0.1, -0.05) is 12.1 Å². The molecule has 0 aliphatic rings. The predicted octanol–water partition coefficient (Wildman–Crippen LogP) is 2.33. The van der Waals surface area contributed by atoms with Crippen molar-refractivity contribution < 1.29 is 13.2 Å². The highest BCUT2D eigenvalue weighted by atomic mass is 32.2. The quantitative estimate of drug-likeness (QED) is 0.849. The zero-order chi connectivity index (χ0) is 14.9. The van der Waals surface area contributed by atoms with Gasteiger partial charge in [0.2, 0.25) is 10.0 Å². The van der Waals surface area contributed by atoms with Crippen molar-refractivity contribution in [1.82, 2.24) is 0 Å². The van der Waals surface area contributed by atoms with Gasteiger partial charge in [0.15, 0.2) is 0 Å². The molecule has 2 aromatic rings. The van der Waals surface area contributed by atoms with Crippen LogP contribution < -0.4 is 15.6 Å². The van der Waals surface area contributed by atoms with Crippen molar-refractivity contribution in [1.29, 1.82) is 0 Å². The van der Waals surface area contributed by atoms with Crippen molar-refractivity contribution in [3.05, 3.63) is 47.5 Å². The van der Waals surface area contributed by atoms with E-state index in [9.17, 15) is 8.42 Å². The van der Waals surface area contributed by atoms with Crippen molar-refractivity contribution in [2.45, 2.75) is 18.7 Å². The molecule has 0 saturated carbocycles. The summed E-state index contributed by atoms with van der Waals surface area (Å²) in [5, 5.41) is 5.17. The minimum atomic E-state index is -3.84. The molecule has 0 fully saturated rings. The van der Waals surface area contributed by atoms with E-state index in [-0.39, 0.29) is 10.6 Å². The molecule has 0 aromatic heterocycles. The van der Waals surface area contributed by atoms with Crippen LogP contribution in [0.3, 0.4) is 0 Å². The third-order valence-electron chi connectivity index (χ3n) is 2.86. The van der Waals surface area contributed by atoms with E-state index in [0.29, 0.717) is 17.1 Å². The van der Waals surface area contributed by atoms with Crippen molar-refractivity contribution in [2.75, 3.05) is 5.73 Å². The Labute approximate surface area is 118 Å². The number of sulfonamides is 1. The van der Waals surface area contributed by atoms with Crippen LogP contribution in [0.2, 0.25) is 0 Å². The molecule has 0 aliphatic carbocycles. The number of nitrogens with two attached hydrogens (primary N) is 2. The molecule has 0 saturated heterocycles.